The molecule has 2 aliphatic heterocycles. The second-order valence-electron chi connectivity index (χ2n) is 8.52. The molecule has 174 valence electrons. The van der Waals surface area contributed by atoms with E-state index in [1.807, 2.05) is 0 Å². The Balaban J connectivity index is 1.34. The number of amides is 3. The number of hydrogen-bond acceptors (Lipinski definition) is 6. The molecule has 0 bridgehead atoms. The Morgan fingerprint density at radius 3 is 2.67 bits per heavy atom. The number of alkyl halides is 3. The number of hydrogen-bond donors (Lipinski definition) is 2. The summed E-state index contributed by atoms with van der Waals surface area (Å²) in [5.74, 6) is -2.37. The molecule has 3 atom stereocenters. The summed E-state index contributed by atoms with van der Waals surface area (Å²) in [6.45, 7) is 0.339. The van der Waals surface area contributed by atoms with Crippen LogP contribution in [0.25, 0.3) is 11.4 Å². The fourth-order valence-electron chi connectivity index (χ4n) is 4.64. The van der Waals surface area contributed by atoms with Crippen molar-refractivity contribution < 1.29 is 32.1 Å². The van der Waals surface area contributed by atoms with Crippen molar-refractivity contribution in [3.63, 3.8) is 0 Å². The van der Waals surface area contributed by atoms with Gasteiger partial charge in [-0.3, -0.25) is 14.4 Å². The predicted octanol–water partition coefficient (Wildman–Crippen LogP) is 2.03. The summed E-state index contributed by atoms with van der Waals surface area (Å²) in [7, 11) is 0. The molecule has 1 saturated carbocycles. The van der Waals surface area contributed by atoms with E-state index >= 15 is 0 Å². The summed E-state index contributed by atoms with van der Waals surface area (Å²) < 4.78 is 42.6. The SMILES string of the molecule is O=C1C[C@@H](C(=O)N[C@@H]2CCCC[C@H]2N2Cc3ccc(-c4noc(C(F)(F)F)n4)cc3C2=O)N1. The molecule has 1 aliphatic carbocycles. The molecule has 5 rings (SSSR count). The largest absolute Gasteiger partial charge is 0.471 e. The van der Waals surface area contributed by atoms with Crippen LogP contribution in [0.3, 0.4) is 0 Å². The van der Waals surface area contributed by atoms with Crippen LogP contribution in [0.4, 0.5) is 13.2 Å². The third-order valence-corrected chi connectivity index (χ3v) is 6.37. The highest BCUT2D eigenvalue weighted by molar-refractivity contribution is 6.00. The molecule has 2 aromatic rings. The van der Waals surface area contributed by atoms with Gasteiger partial charge in [-0.05, 0) is 24.5 Å². The summed E-state index contributed by atoms with van der Waals surface area (Å²) in [5.41, 5.74) is 1.36. The topological polar surface area (TPSA) is 117 Å². The van der Waals surface area contributed by atoms with Gasteiger partial charge >= 0.3 is 12.1 Å². The second-order valence-corrected chi connectivity index (χ2v) is 8.52. The zero-order valence-corrected chi connectivity index (χ0v) is 17.3. The van der Waals surface area contributed by atoms with Crippen LogP contribution in [0.5, 0.6) is 0 Å². The van der Waals surface area contributed by atoms with Gasteiger partial charge in [0.05, 0.1) is 12.5 Å². The van der Waals surface area contributed by atoms with Gasteiger partial charge < -0.3 is 20.1 Å². The first kappa shape index (κ1) is 21.4. The quantitative estimate of drug-likeness (QED) is 0.670. The maximum Gasteiger partial charge on any atom is 0.471 e. The molecule has 1 aromatic heterocycles. The van der Waals surface area contributed by atoms with Crippen LogP contribution in [-0.2, 0) is 22.3 Å². The number of carbonyl (C=O) groups is 3. The number of β-lactam (4-membered cyclic amide) rings is 1. The van der Waals surface area contributed by atoms with Gasteiger partial charge in [-0.15, -0.1) is 0 Å². The number of fused-ring (bicyclic) bond motifs is 1. The van der Waals surface area contributed by atoms with Gasteiger partial charge in [0.25, 0.3) is 5.91 Å². The first-order valence-electron chi connectivity index (χ1n) is 10.7. The lowest BCUT2D eigenvalue weighted by molar-refractivity contribution is -0.159. The van der Waals surface area contributed by atoms with E-state index in [4.69, 9.17) is 0 Å². The van der Waals surface area contributed by atoms with Gasteiger partial charge in [-0.2, -0.15) is 18.2 Å². The predicted molar refractivity (Wildman–Crippen MR) is 105 cm³/mol. The molecule has 3 heterocycles. The van der Waals surface area contributed by atoms with E-state index in [0.717, 1.165) is 18.4 Å². The summed E-state index contributed by atoms with van der Waals surface area (Å²) in [6.07, 6.45) is -1.34. The van der Waals surface area contributed by atoms with Crippen molar-refractivity contribution in [1.82, 2.24) is 25.7 Å². The van der Waals surface area contributed by atoms with Crippen LogP contribution in [0.1, 0.15) is 53.9 Å². The average Bonchev–Trinajstić information content (AvgIpc) is 3.37. The molecular formula is C21H20F3N5O4. The molecule has 2 N–H and O–H groups in total. The zero-order valence-electron chi connectivity index (χ0n) is 17.3. The van der Waals surface area contributed by atoms with Crippen molar-refractivity contribution in [1.29, 1.82) is 0 Å². The van der Waals surface area contributed by atoms with Crippen molar-refractivity contribution in [2.24, 2.45) is 0 Å². The summed E-state index contributed by atoms with van der Waals surface area (Å²) >= 11 is 0. The maximum absolute atomic E-state index is 13.2. The van der Waals surface area contributed by atoms with Crippen LogP contribution in [0.2, 0.25) is 0 Å². The maximum atomic E-state index is 13.2. The van der Waals surface area contributed by atoms with Crippen LogP contribution in [-0.4, -0.2) is 50.9 Å². The minimum Gasteiger partial charge on any atom is -0.349 e. The molecule has 9 nitrogen and oxygen atoms in total. The lowest BCUT2D eigenvalue weighted by Crippen LogP contribution is -2.61. The first-order chi connectivity index (χ1) is 15.7. The number of benzene rings is 1. The van der Waals surface area contributed by atoms with Crippen molar-refractivity contribution in [2.45, 2.75) is 63.0 Å². The Morgan fingerprint density at radius 2 is 1.97 bits per heavy atom. The van der Waals surface area contributed by atoms with Gasteiger partial charge in [-0.1, -0.05) is 30.1 Å². The van der Waals surface area contributed by atoms with E-state index in [2.05, 4.69) is 25.3 Å². The third-order valence-electron chi connectivity index (χ3n) is 6.37. The Morgan fingerprint density at radius 1 is 1.21 bits per heavy atom. The van der Waals surface area contributed by atoms with Gasteiger partial charge in [0, 0.05) is 23.7 Å². The van der Waals surface area contributed by atoms with E-state index in [0.29, 0.717) is 24.9 Å². The number of halogens is 3. The van der Waals surface area contributed by atoms with Crippen molar-refractivity contribution in [3.05, 3.63) is 35.2 Å². The molecule has 1 saturated heterocycles. The van der Waals surface area contributed by atoms with E-state index in [9.17, 15) is 27.6 Å². The van der Waals surface area contributed by atoms with E-state index < -0.39 is 18.1 Å². The highest BCUT2D eigenvalue weighted by Crippen LogP contribution is 2.34. The zero-order chi connectivity index (χ0) is 23.3. The summed E-state index contributed by atoms with van der Waals surface area (Å²) in [4.78, 5) is 41.9. The normalized spacial score (nSPS) is 24.8. The standard InChI is InChI=1S/C21H20F3N5O4/c22-21(23,24)20-27-17(28-33-20)10-5-6-11-9-29(19(32)12(11)7-10)15-4-2-1-3-13(15)26-18(31)14-8-16(30)25-14/h5-7,13-15H,1-4,8-9H2,(H,25,30)(H,26,31)/t13-,14+,15-/m1/s1. The molecule has 33 heavy (non-hydrogen) atoms. The smallest absolute Gasteiger partial charge is 0.349 e. The third kappa shape index (κ3) is 3.93. The van der Waals surface area contributed by atoms with E-state index in [1.165, 1.54) is 6.07 Å². The summed E-state index contributed by atoms with van der Waals surface area (Å²) in [5, 5.41) is 8.92. The van der Waals surface area contributed by atoms with Crippen molar-refractivity contribution in [3.8, 4) is 11.4 Å². The molecule has 0 spiro atoms. The highest BCUT2D eigenvalue weighted by Gasteiger charge is 2.41. The fourth-order valence-corrected chi connectivity index (χ4v) is 4.64. The first-order valence-corrected chi connectivity index (χ1v) is 10.7. The van der Waals surface area contributed by atoms with Crippen LogP contribution in [0, 0.1) is 0 Å². The van der Waals surface area contributed by atoms with Crippen LogP contribution in [0.15, 0.2) is 22.7 Å². The number of carbonyl (C=O) groups excluding carboxylic acids is 3. The van der Waals surface area contributed by atoms with E-state index in [1.54, 1.807) is 17.0 Å². The lowest BCUT2D eigenvalue weighted by Gasteiger charge is -2.39. The number of nitrogens with zero attached hydrogens (tertiary/aromatic N) is 3. The number of nitrogens with one attached hydrogen (secondary N) is 2. The fraction of sp³-hybridized carbons (Fsp3) is 0.476. The van der Waals surface area contributed by atoms with Gasteiger partial charge in [0.1, 0.15) is 6.04 Å². The Bertz CT molecular complexity index is 1120. The monoisotopic (exact) mass is 463 g/mol. The summed E-state index contributed by atoms with van der Waals surface area (Å²) in [6, 6.07) is 3.71. The molecule has 1 aromatic carbocycles. The Labute approximate surface area is 185 Å². The average molecular weight is 463 g/mol. The van der Waals surface area contributed by atoms with Gasteiger partial charge in [0.15, 0.2) is 0 Å². The number of aromatic nitrogens is 2. The lowest BCUT2D eigenvalue weighted by atomic mass is 9.88. The molecule has 3 amide bonds. The molecule has 0 unspecified atom stereocenters. The van der Waals surface area contributed by atoms with Gasteiger partial charge in [0.2, 0.25) is 17.6 Å². The van der Waals surface area contributed by atoms with Crippen LogP contribution >= 0.6 is 0 Å². The molecule has 2 fully saturated rings. The van der Waals surface area contributed by atoms with Gasteiger partial charge in [-0.25, -0.2) is 0 Å². The number of rotatable bonds is 4. The molecular weight excluding hydrogens is 443 g/mol. The van der Waals surface area contributed by atoms with Crippen molar-refractivity contribution >= 4 is 17.7 Å². The van der Waals surface area contributed by atoms with E-state index in [-0.39, 0.29) is 47.6 Å². The minimum absolute atomic E-state index is 0.159. The Kier molecular flexibility index (Phi) is 5.09. The minimum atomic E-state index is -4.75. The van der Waals surface area contributed by atoms with Crippen LogP contribution < -0.4 is 10.6 Å². The second kappa shape index (κ2) is 7.85. The van der Waals surface area contributed by atoms with Crippen molar-refractivity contribution in [2.75, 3.05) is 0 Å². The molecule has 0 radical (unpaired) electrons. The molecule has 12 heteroatoms. The molecule has 3 aliphatic rings. The highest BCUT2D eigenvalue weighted by atomic mass is 19.4. The Hall–Kier alpha value is -3.44.